The molecule has 0 aliphatic carbocycles. The molecule has 1 aliphatic heterocycles. The molecule has 0 fully saturated rings. The molecule has 0 saturated heterocycles. The van der Waals surface area contributed by atoms with Gasteiger partial charge in [0.15, 0.2) is 11.5 Å². The van der Waals surface area contributed by atoms with Crippen LogP contribution in [0.1, 0.15) is 34.8 Å². The third-order valence-electron chi connectivity index (χ3n) is 6.26. The predicted molar refractivity (Wildman–Crippen MR) is 132 cm³/mol. The van der Waals surface area contributed by atoms with Crippen molar-refractivity contribution in [3.05, 3.63) is 82.9 Å². The van der Waals surface area contributed by atoms with Crippen LogP contribution in [0.4, 0.5) is 0 Å². The summed E-state index contributed by atoms with van der Waals surface area (Å²) in [5, 5.41) is 10.8. The van der Waals surface area contributed by atoms with Crippen molar-refractivity contribution >= 4 is 0 Å². The average Bonchev–Trinajstić information content (AvgIpc) is 3.08. The average molecular weight is 464 g/mol. The molecule has 6 nitrogen and oxygen atoms in total. The Hall–Kier alpha value is -3.22. The molecule has 4 rings (SSSR count). The lowest BCUT2D eigenvalue weighted by molar-refractivity contribution is 0.167. The van der Waals surface area contributed by atoms with Crippen LogP contribution in [0, 0.1) is 0 Å². The topological polar surface area (TPSA) is 60.4 Å². The number of aliphatic hydroxyl groups is 1. The quantitative estimate of drug-likeness (QED) is 0.493. The second-order valence-corrected chi connectivity index (χ2v) is 8.46. The number of aliphatic hydroxyl groups excluding tert-OH is 1. The Morgan fingerprint density at radius 2 is 1.74 bits per heavy atom. The first-order valence-electron chi connectivity index (χ1n) is 11.6. The fraction of sp³-hybridized carbons (Fsp3) is 0.357. The summed E-state index contributed by atoms with van der Waals surface area (Å²) >= 11 is 0. The minimum absolute atomic E-state index is 0.520. The van der Waals surface area contributed by atoms with Crippen LogP contribution in [0.25, 0.3) is 0 Å². The first-order chi connectivity index (χ1) is 16.6. The van der Waals surface area contributed by atoms with Crippen LogP contribution in [0.5, 0.6) is 23.0 Å². The van der Waals surface area contributed by atoms with Crippen molar-refractivity contribution in [3.8, 4) is 23.0 Å². The van der Waals surface area contributed by atoms with E-state index >= 15 is 0 Å². The van der Waals surface area contributed by atoms with Gasteiger partial charge in [0, 0.05) is 30.8 Å². The van der Waals surface area contributed by atoms with E-state index in [0.29, 0.717) is 43.4 Å². The van der Waals surface area contributed by atoms with Crippen LogP contribution in [0.2, 0.25) is 0 Å². The third-order valence-corrected chi connectivity index (χ3v) is 6.26. The van der Waals surface area contributed by atoms with Crippen LogP contribution in [0.3, 0.4) is 0 Å². The fourth-order valence-corrected chi connectivity index (χ4v) is 4.45. The van der Waals surface area contributed by atoms with E-state index in [9.17, 15) is 5.11 Å². The molecule has 0 spiro atoms. The third kappa shape index (κ3) is 5.46. The Kier molecular flexibility index (Phi) is 7.93. The number of ether oxygens (including phenoxy) is 4. The molecule has 1 N–H and O–H groups in total. The fourth-order valence-electron chi connectivity index (χ4n) is 4.45. The summed E-state index contributed by atoms with van der Waals surface area (Å²) in [4.78, 5) is 2.32. The lowest BCUT2D eigenvalue weighted by atomic mass is 9.99. The molecule has 0 unspecified atom stereocenters. The van der Waals surface area contributed by atoms with Crippen molar-refractivity contribution in [2.45, 2.75) is 32.0 Å². The van der Waals surface area contributed by atoms with E-state index < -0.39 is 6.10 Å². The number of rotatable bonds is 9. The number of benzene rings is 3. The van der Waals surface area contributed by atoms with Crippen molar-refractivity contribution < 1.29 is 24.1 Å². The molecular formula is C28H33NO5. The van der Waals surface area contributed by atoms with Gasteiger partial charge in [0.25, 0.3) is 0 Å². The lowest BCUT2D eigenvalue weighted by Crippen LogP contribution is -2.25. The Morgan fingerprint density at radius 3 is 2.47 bits per heavy atom. The van der Waals surface area contributed by atoms with Crippen molar-refractivity contribution in [2.24, 2.45) is 0 Å². The first kappa shape index (κ1) is 23.9. The lowest BCUT2D eigenvalue weighted by Gasteiger charge is -2.22. The summed E-state index contributed by atoms with van der Waals surface area (Å²) < 4.78 is 22.6. The zero-order valence-corrected chi connectivity index (χ0v) is 20.1. The van der Waals surface area contributed by atoms with E-state index in [1.807, 2.05) is 42.5 Å². The van der Waals surface area contributed by atoms with Gasteiger partial charge in [-0.15, -0.1) is 0 Å². The summed E-state index contributed by atoms with van der Waals surface area (Å²) in [5.74, 6) is 2.79. The minimum atomic E-state index is -0.520. The van der Waals surface area contributed by atoms with Gasteiger partial charge in [0.05, 0.1) is 27.4 Å². The zero-order chi connectivity index (χ0) is 23.9. The highest BCUT2D eigenvalue weighted by atomic mass is 16.5. The number of fused-ring (bicyclic) bond motifs is 1. The summed E-state index contributed by atoms with van der Waals surface area (Å²) in [7, 11) is 4.88. The molecule has 3 aromatic carbocycles. The van der Waals surface area contributed by atoms with E-state index in [1.54, 1.807) is 21.3 Å². The molecule has 34 heavy (non-hydrogen) atoms. The molecule has 1 heterocycles. The van der Waals surface area contributed by atoms with Crippen molar-refractivity contribution in [1.82, 2.24) is 4.90 Å². The first-order valence-corrected chi connectivity index (χ1v) is 11.6. The molecule has 0 aromatic heterocycles. The van der Waals surface area contributed by atoms with Crippen LogP contribution in [-0.2, 0) is 19.5 Å². The van der Waals surface area contributed by atoms with Gasteiger partial charge in [-0.3, -0.25) is 4.90 Å². The molecule has 1 aliphatic rings. The number of aryl methyl sites for hydroxylation is 1. The van der Waals surface area contributed by atoms with Gasteiger partial charge in [0.1, 0.15) is 12.4 Å². The molecule has 0 saturated carbocycles. The maximum atomic E-state index is 10.8. The van der Waals surface area contributed by atoms with Crippen LogP contribution in [0.15, 0.2) is 60.7 Å². The molecule has 0 bridgehead atoms. The maximum absolute atomic E-state index is 10.8. The standard InChI is InChI=1S/C28H33NO5/c1-31-26-14-11-22(27(32-2)28(26)33-3)18-29-15-16-34-25-13-10-21(17-23(25)19-29)24(30)12-9-20-7-5-4-6-8-20/h4-8,10-11,13-14,17,24,30H,9,12,15-16,18-19H2,1-3H3/t24-/m0/s1. The monoisotopic (exact) mass is 463 g/mol. The predicted octanol–water partition coefficient (Wildman–Crippen LogP) is 4.77. The second kappa shape index (κ2) is 11.3. The SMILES string of the molecule is COc1ccc(CN2CCOc3ccc([C@@H](O)CCc4ccccc4)cc3C2)c(OC)c1OC. The van der Waals surface area contributed by atoms with Gasteiger partial charge < -0.3 is 24.1 Å². The van der Waals surface area contributed by atoms with E-state index in [-0.39, 0.29) is 0 Å². The van der Waals surface area contributed by atoms with Gasteiger partial charge in [-0.25, -0.2) is 0 Å². The van der Waals surface area contributed by atoms with E-state index in [4.69, 9.17) is 18.9 Å². The summed E-state index contributed by atoms with van der Waals surface area (Å²) in [5.41, 5.74) is 4.24. The number of hydrogen-bond donors (Lipinski definition) is 1. The molecule has 0 amide bonds. The van der Waals surface area contributed by atoms with Crippen LogP contribution < -0.4 is 18.9 Å². The van der Waals surface area contributed by atoms with Crippen LogP contribution >= 0.6 is 0 Å². The molecule has 180 valence electrons. The number of nitrogens with zero attached hydrogens (tertiary/aromatic N) is 1. The van der Waals surface area contributed by atoms with Gasteiger partial charge in [0.2, 0.25) is 5.75 Å². The summed E-state index contributed by atoms with van der Waals surface area (Å²) in [6.07, 6.45) is 0.991. The Bertz CT molecular complexity index is 1090. The largest absolute Gasteiger partial charge is 0.493 e. The zero-order valence-electron chi connectivity index (χ0n) is 20.1. The highest BCUT2D eigenvalue weighted by Crippen LogP contribution is 2.40. The molecule has 6 heteroatoms. The van der Waals surface area contributed by atoms with Gasteiger partial charge in [-0.1, -0.05) is 42.5 Å². The summed E-state index contributed by atoms with van der Waals surface area (Å²) in [6, 6.07) is 20.2. The van der Waals surface area contributed by atoms with E-state index in [1.165, 1.54) is 5.56 Å². The van der Waals surface area contributed by atoms with Crippen LogP contribution in [-0.4, -0.2) is 44.5 Å². The number of methoxy groups -OCH3 is 3. The van der Waals surface area contributed by atoms with Crippen molar-refractivity contribution in [1.29, 1.82) is 0 Å². The minimum Gasteiger partial charge on any atom is -0.493 e. The molecular weight excluding hydrogens is 430 g/mol. The highest BCUT2D eigenvalue weighted by Gasteiger charge is 2.21. The Morgan fingerprint density at radius 1 is 0.941 bits per heavy atom. The smallest absolute Gasteiger partial charge is 0.203 e. The summed E-state index contributed by atoms with van der Waals surface area (Å²) in [6.45, 7) is 2.76. The van der Waals surface area contributed by atoms with Gasteiger partial charge in [-0.05, 0) is 42.2 Å². The Labute approximate surface area is 201 Å². The van der Waals surface area contributed by atoms with Gasteiger partial charge in [-0.2, -0.15) is 0 Å². The van der Waals surface area contributed by atoms with Gasteiger partial charge >= 0.3 is 0 Å². The molecule has 1 atom stereocenters. The maximum Gasteiger partial charge on any atom is 0.203 e. The van der Waals surface area contributed by atoms with Crippen molar-refractivity contribution in [2.75, 3.05) is 34.5 Å². The van der Waals surface area contributed by atoms with E-state index in [2.05, 4.69) is 23.1 Å². The van der Waals surface area contributed by atoms with E-state index in [0.717, 1.165) is 35.4 Å². The molecule has 0 radical (unpaired) electrons. The highest BCUT2D eigenvalue weighted by molar-refractivity contribution is 5.55. The Balaban J connectivity index is 1.49. The number of hydrogen-bond acceptors (Lipinski definition) is 6. The second-order valence-electron chi connectivity index (χ2n) is 8.46. The normalized spacial score (nSPS) is 14.5. The molecule has 3 aromatic rings. The van der Waals surface area contributed by atoms with Crippen molar-refractivity contribution in [3.63, 3.8) is 0 Å².